The molecule has 0 spiro atoms. The van der Waals surface area contributed by atoms with Gasteiger partial charge >= 0.3 is 0 Å². The van der Waals surface area contributed by atoms with Gasteiger partial charge in [0.1, 0.15) is 0 Å². The molecule has 5 unspecified atom stereocenters. The first kappa shape index (κ1) is 16.3. The normalized spacial score (nSPS) is 39.0. The van der Waals surface area contributed by atoms with Crippen molar-refractivity contribution < 1.29 is 9.84 Å². The van der Waals surface area contributed by atoms with Crippen molar-refractivity contribution in [2.45, 2.75) is 79.1 Å². The van der Waals surface area contributed by atoms with E-state index in [9.17, 15) is 5.11 Å². The van der Waals surface area contributed by atoms with Gasteiger partial charge in [-0.05, 0) is 41.4 Å². The summed E-state index contributed by atoms with van der Waals surface area (Å²) in [5.74, 6) is 0.753. The molecule has 5 atom stereocenters. The number of aliphatic hydroxyl groups is 1. The summed E-state index contributed by atoms with van der Waals surface area (Å²) in [6.45, 7) is 13.5. The van der Waals surface area contributed by atoms with Crippen LogP contribution < -0.4 is 5.73 Å². The molecule has 0 aromatic heterocycles. The van der Waals surface area contributed by atoms with E-state index in [0.717, 1.165) is 12.3 Å². The van der Waals surface area contributed by atoms with E-state index in [-0.39, 0.29) is 35.7 Å². The minimum absolute atomic E-state index is 0.0100. The molecule has 2 rings (SSSR count). The van der Waals surface area contributed by atoms with E-state index in [4.69, 9.17) is 10.5 Å². The molecule has 3 N–H and O–H groups in total. The van der Waals surface area contributed by atoms with Crippen molar-refractivity contribution in [1.29, 1.82) is 0 Å². The second-order valence-electron chi connectivity index (χ2n) is 8.85. The maximum absolute atomic E-state index is 9.70. The number of rotatable bonds is 4. The highest BCUT2D eigenvalue weighted by molar-refractivity contribution is 5.11. The Hall–Kier alpha value is -0.120. The summed E-state index contributed by atoms with van der Waals surface area (Å²) in [6.07, 6.45) is 3.65. The summed E-state index contributed by atoms with van der Waals surface area (Å²) in [7, 11) is 0. The molecule has 2 aliphatic rings. The third-order valence-corrected chi connectivity index (χ3v) is 6.63. The number of aliphatic hydroxyl groups excluding tert-OH is 1. The molecule has 118 valence electrons. The molecule has 0 radical (unpaired) electrons. The first-order valence-corrected chi connectivity index (χ1v) is 8.06. The maximum atomic E-state index is 9.70. The zero-order valence-electron chi connectivity index (χ0n) is 14.1. The Morgan fingerprint density at radius 2 is 1.90 bits per heavy atom. The number of nitrogens with two attached hydrogens (primary N) is 1. The lowest BCUT2D eigenvalue weighted by Crippen LogP contribution is -2.51. The largest absolute Gasteiger partial charge is 0.394 e. The summed E-state index contributed by atoms with van der Waals surface area (Å²) in [6, 6.07) is -0.140. The van der Waals surface area contributed by atoms with Crippen LogP contribution in [0.2, 0.25) is 0 Å². The van der Waals surface area contributed by atoms with Crippen LogP contribution in [-0.2, 0) is 4.74 Å². The SMILES string of the molecule is CC(C)(C)C(N)C(CO)OC1CC2CCC1(C)C2(C)C. The van der Waals surface area contributed by atoms with E-state index in [0.29, 0.717) is 5.41 Å². The van der Waals surface area contributed by atoms with Crippen molar-refractivity contribution in [3.8, 4) is 0 Å². The second kappa shape index (κ2) is 4.96. The molecular formula is C17H33NO2. The zero-order valence-corrected chi connectivity index (χ0v) is 14.1. The molecule has 2 bridgehead atoms. The van der Waals surface area contributed by atoms with Crippen LogP contribution >= 0.6 is 0 Å². The fourth-order valence-electron chi connectivity index (χ4n) is 4.35. The Labute approximate surface area is 124 Å². The summed E-state index contributed by atoms with van der Waals surface area (Å²) in [5, 5.41) is 9.70. The van der Waals surface area contributed by atoms with Crippen molar-refractivity contribution in [1.82, 2.24) is 0 Å². The molecule has 2 fully saturated rings. The highest BCUT2D eigenvalue weighted by Crippen LogP contribution is 2.66. The highest BCUT2D eigenvalue weighted by atomic mass is 16.5. The van der Waals surface area contributed by atoms with Crippen molar-refractivity contribution >= 4 is 0 Å². The molecule has 0 aliphatic heterocycles. The number of hydrogen-bond acceptors (Lipinski definition) is 3. The van der Waals surface area contributed by atoms with Crippen LogP contribution in [0.15, 0.2) is 0 Å². The average Bonchev–Trinajstić information content (AvgIpc) is 2.66. The van der Waals surface area contributed by atoms with Crippen molar-refractivity contribution in [2.75, 3.05) is 6.61 Å². The Morgan fingerprint density at radius 3 is 2.25 bits per heavy atom. The quantitative estimate of drug-likeness (QED) is 0.834. The fraction of sp³-hybridized carbons (Fsp3) is 1.00. The Bertz CT molecular complexity index is 360. The van der Waals surface area contributed by atoms with Gasteiger partial charge in [0, 0.05) is 6.04 Å². The minimum Gasteiger partial charge on any atom is -0.394 e. The standard InChI is InChI=1S/C17H33NO2/c1-15(2,3)14(18)12(10-19)20-13-9-11-7-8-17(13,6)16(11,4)5/h11-14,19H,7-10,18H2,1-6H3. The molecule has 0 amide bonds. The van der Waals surface area contributed by atoms with Gasteiger partial charge in [-0.3, -0.25) is 0 Å². The summed E-state index contributed by atoms with van der Waals surface area (Å²) in [4.78, 5) is 0. The van der Waals surface area contributed by atoms with Gasteiger partial charge in [0.25, 0.3) is 0 Å². The lowest BCUT2D eigenvalue weighted by Gasteiger charge is -2.42. The van der Waals surface area contributed by atoms with Crippen LogP contribution in [-0.4, -0.2) is 30.0 Å². The summed E-state index contributed by atoms with van der Waals surface area (Å²) in [5.41, 5.74) is 6.82. The molecule has 3 nitrogen and oxygen atoms in total. The number of fused-ring (bicyclic) bond motifs is 2. The fourth-order valence-corrected chi connectivity index (χ4v) is 4.35. The summed E-state index contributed by atoms with van der Waals surface area (Å²) >= 11 is 0. The molecule has 0 aromatic carbocycles. The van der Waals surface area contributed by atoms with E-state index in [1.54, 1.807) is 0 Å². The molecule has 2 aliphatic carbocycles. The van der Waals surface area contributed by atoms with Crippen molar-refractivity contribution in [3.63, 3.8) is 0 Å². The summed E-state index contributed by atoms with van der Waals surface area (Å²) < 4.78 is 6.35. The lowest BCUT2D eigenvalue weighted by atomic mass is 9.70. The van der Waals surface area contributed by atoms with Crippen LogP contribution in [0.25, 0.3) is 0 Å². The second-order valence-corrected chi connectivity index (χ2v) is 8.85. The van der Waals surface area contributed by atoms with E-state index < -0.39 is 0 Å². The van der Waals surface area contributed by atoms with Crippen LogP contribution in [0.5, 0.6) is 0 Å². The van der Waals surface area contributed by atoms with Crippen molar-refractivity contribution in [3.05, 3.63) is 0 Å². The highest BCUT2D eigenvalue weighted by Gasteiger charge is 2.62. The molecule has 2 saturated carbocycles. The first-order chi connectivity index (χ1) is 9.04. The van der Waals surface area contributed by atoms with Gasteiger partial charge in [0.05, 0.1) is 18.8 Å². The van der Waals surface area contributed by atoms with Crippen molar-refractivity contribution in [2.24, 2.45) is 27.9 Å². The zero-order chi connectivity index (χ0) is 15.3. The smallest absolute Gasteiger partial charge is 0.0965 e. The third-order valence-electron chi connectivity index (χ3n) is 6.63. The molecule has 0 aromatic rings. The Balaban J connectivity index is 2.11. The number of ether oxygens (including phenoxy) is 1. The van der Waals surface area contributed by atoms with Crippen LogP contribution in [0.4, 0.5) is 0 Å². The molecule has 20 heavy (non-hydrogen) atoms. The van der Waals surface area contributed by atoms with E-state index in [1.807, 2.05) is 0 Å². The predicted molar refractivity (Wildman–Crippen MR) is 82.4 cm³/mol. The molecule has 3 heteroatoms. The monoisotopic (exact) mass is 283 g/mol. The maximum Gasteiger partial charge on any atom is 0.0965 e. The van der Waals surface area contributed by atoms with Crippen LogP contribution in [0.3, 0.4) is 0 Å². The average molecular weight is 283 g/mol. The van der Waals surface area contributed by atoms with Gasteiger partial charge in [-0.1, -0.05) is 41.5 Å². The third kappa shape index (κ3) is 2.32. The molecule has 0 heterocycles. The van der Waals surface area contributed by atoms with E-state index in [2.05, 4.69) is 41.5 Å². The van der Waals surface area contributed by atoms with Gasteiger partial charge in [0.15, 0.2) is 0 Å². The molecule has 0 saturated heterocycles. The van der Waals surface area contributed by atoms with Gasteiger partial charge < -0.3 is 15.6 Å². The first-order valence-electron chi connectivity index (χ1n) is 8.06. The molecular weight excluding hydrogens is 250 g/mol. The lowest BCUT2D eigenvalue weighted by molar-refractivity contribution is -0.118. The Morgan fingerprint density at radius 1 is 1.30 bits per heavy atom. The number of hydrogen-bond donors (Lipinski definition) is 2. The predicted octanol–water partition coefficient (Wildman–Crippen LogP) is 2.95. The van der Waals surface area contributed by atoms with Crippen LogP contribution in [0, 0.1) is 22.2 Å². The topological polar surface area (TPSA) is 55.5 Å². The van der Waals surface area contributed by atoms with Gasteiger partial charge in [-0.25, -0.2) is 0 Å². The Kier molecular flexibility index (Phi) is 4.03. The van der Waals surface area contributed by atoms with E-state index >= 15 is 0 Å². The van der Waals surface area contributed by atoms with Gasteiger partial charge in [0.2, 0.25) is 0 Å². The minimum atomic E-state index is -0.257. The van der Waals surface area contributed by atoms with Gasteiger partial charge in [-0.15, -0.1) is 0 Å². The van der Waals surface area contributed by atoms with Crippen LogP contribution in [0.1, 0.15) is 60.8 Å². The van der Waals surface area contributed by atoms with E-state index in [1.165, 1.54) is 12.8 Å². The van der Waals surface area contributed by atoms with Gasteiger partial charge in [-0.2, -0.15) is 0 Å².